The number of aliphatic hydroxyl groups is 1. The summed E-state index contributed by atoms with van der Waals surface area (Å²) in [5.74, 6) is 0.463. The summed E-state index contributed by atoms with van der Waals surface area (Å²) in [4.78, 5) is 0. The Morgan fingerprint density at radius 3 is 2.81 bits per heavy atom. The molecule has 0 saturated heterocycles. The number of ether oxygens (including phenoxy) is 1. The molecule has 0 heterocycles. The standard InChI is InChI=1S/C10H15NO4S/c1-11-16(13,14)6-5-15-10-4-2-3-9(7-10)8-12/h2-4,7,11-12H,5-6,8H2,1H3. The third kappa shape index (κ3) is 4.18. The molecule has 0 aromatic heterocycles. The monoisotopic (exact) mass is 245 g/mol. The van der Waals surface area contributed by atoms with Gasteiger partial charge in [-0.2, -0.15) is 0 Å². The molecule has 1 rings (SSSR count). The highest BCUT2D eigenvalue weighted by Gasteiger charge is 2.06. The number of nitrogens with one attached hydrogen (secondary N) is 1. The second-order valence-electron chi connectivity index (χ2n) is 3.18. The minimum atomic E-state index is -3.23. The molecule has 0 aliphatic heterocycles. The van der Waals surface area contributed by atoms with Gasteiger partial charge in [0.25, 0.3) is 0 Å². The van der Waals surface area contributed by atoms with Crippen molar-refractivity contribution in [3.05, 3.63) is 29.8 Å². The second-order valence-corrected chi connectivity index (χ2v) is 5.22. The van der Waals surface area contributed by atoms with E-state index >= 15 is 0 Å². The molecule has 2 N–H and O–H groups in total. The van der Waals surface area contributed by atoms with Crippen LogP contribution in [0.1, 0.15) is 5.56 Å². The third-order valence-corrected chi connectivity index (χ3v) is 3.34. The Morgan fingerprint density at radius 1 is 1.44 bits per heavy atom. The lowest BCUT2D eigenvalue weighted by molar-refractivity contribution is 0.280. The van der Waals surface area contributed by atoms with Gasteiger partial charge in [0, 0.05) is 0 Å². The highest BCUT2D eigenvalue weighted by atomic mass is 32.2. The van der Waals surface area contributed by atoms with E-state index < -0.39 is 10.0 Å². The number of rotatable bonds is 6. The van der Waals surface area contributed by atoms with Gasteiger partial charge in [-0.05, 0) is 24.7 Å². The van der Waals surface area contributed by atoms with E-state index in [1.807, 2.05) is 0 Å². The summed E-state index contributed by atoms with van der Waals surface area (Å²) in [6, 6.07) is 6.89. The summed E-state index contributed by atoms with van der Waals surface area (Å²) in [6.07, 6.45) is 0. The zero-order valence-electron chi connectivity index (χ0n) is 9.01. The van der Waals surface area contributed by atoms with Crippen LogP contribution < -0.4 is 9.46 Å². The molecule has 0 unspecified atom stereocenters. The Hall–Kier alpha value is -1.11. The summed E-state index contributed by atoms with van der Waals surface area (Å²) < 4.78 is 29.6. The molecular formula is C10H15NO4S. The topological polar surface area (TPSA) is 75.6 Å². The number of hydrogen-bond donors (Lipinski definition) is 2. The molecule has 1 aromatic rings. The molecule has 0 fully saturated rings. The fourth-order valence-electron chi connectivity index (χ4n) is 1.10. The number of hydrogen-bond acceptors (Lipinski definition) is 4. The van der Waals surface area contributed by atoms with Gasteiger partial charge in [-0.3, -0.25) is 0 Å². The average molecular weight is 245 g/mol. The molecule has 0 spiro atoms. The lowest BCUT2D eigenvalue weighted by Gasteiger charge is -2.07. The number of sulfonamides is 1. The predicted octanol–water partition coefficient (Wildman–Crippen LogP) is 0.107. The Labute approximate surface area is 95.1 Å². The fraction of sp³-hybridized carbons (Fsp3) is 0.400. The quantitative estimate of drug-likeness (QED) is 0.745. The van der Waals surface area contributed by atoms with Crippen LogP contribution in [0.3, 0.4) is 0 Å². The number of benzene rings is 1. The average Bonchev–Trinajstić information content (AvgIpc) is 2.29. The molecule has 5 nitrogen and oxygen atoms in total. The molecular weight excluding hydrogens is 230 g/mol. The Morgan fingerprint density at radius 2 is 2.19 bits per heavy atom. The van der Waals surface area contributed by atoms with Crippen molar-refractivity contribution in [2.75, 3.05) is 19.4 Å². The zero-order chi connectivity index (χ0) is 12.0. The molecule has 0 aliphatic carbocycles. The van der Waals surface area contributed by atoms with E-state index in [-0.39, 0.29) is 19.0 Å². The summed E-state index contributed by atoms with van der Waals surface area (Å²) >= 11 is 0. The van der Waals surface area contributed by atoms with Crippen molar-refractivity contribution in [1.82, 2.24) is 4.72 Å². The zero-order valence-corrected chi connectivity index (χ0v) is 9.83. The van der Waals surface area contributed by atoms with Crippen molar-refractivity contribution in [3.8, 4) is 5.75 Å². The molecule has 0 saturated carbocycles. The smallest absolute Gasteiger partial charge is 0.214 e. The van der Waals surface area contributed by atoms with Crippen LogP contribution in [0.5, 0.6) is 5.75 Å². The SMILES string of the molecule is CNS(=O)(=O)CCOc1cccc(CO)c1. The first-order valence-corrected chi connectivity index (χ1v) is 6.46. The predicted molar refractivity (Wildman–Crippen MR) is 60.7 cm³/mol. The minimum absolute atomic E-state index is 0.0635. The molecule has 0 radical (unpaired) electrons. The first-order valence-electron chi connectivity index (χ1n) is 4.81. The highest BCUT2D eigenvalue weighted by Crippen LogP contribution is 2.13. The van der Waals surface area contributed by atoms with E-state index in [1.54, 1.807) is 24.3 Å². The summed E-state index contributed by atoms with van der Waals surface area (Å²) in [5, 5.41) is 8.89. The lowest BCUT2D eigenvalue weighted by atomic mass is 10.2. The first-order chi connectivity index (χ1) is 7.57. The van der Waals surface area contributed by atoms with Crippen LogP contribution in [0.4, 0.5) is 0 Å². The van der Waals surface area contributed by atoms with Crippen molar-refractivity contribution in [2.45, 2.75) is 6.61 Å². The molecule has 16 heavy (non-hydrogen) atoms. The van der Waals surface area contributed by atoms with E-state index in [2.05, 4.69) is 4.72 Å². The van der Waals surface area contributed by atoms with Crippen molar-refractivity contribution in [3.63, 3.8) is 0 Å². The van der Waals surface area contributed by atoms with E-state index in [0.29, 0.717) is 5.75 Å². The van der Waals surface area contributed by atoms with E-state index in [0.717, 1.165) is 5.56 Å². The van der Waals surface area contributed by atoms with Gasteiger partial charge in [0.05, 0.1) is 12.4 Å². The third-order valence-electron chi connectivity index (χ3n) is 2.01. The molecule has 90 valence electrons. The maximum Gasteiger partial charge on any atom is 0.214 e. The molecule has 0 amide bonds. The van der Waals surface area contributed by atoms with Gasteiger partial charge in [0.2, 0.25) is 10.0 Å². The maximum absolute atomic E-state index is 11.1. The van der Waals surface area contributed by atoms with Crippen molar-refractivity contribution >= 4 is 10.0 Å². The van der Waals surface area contributed by atoms with Gasteiger partial charge < -0.3 is 9.84 Å². The first kappa shape index (κ1) is 13.0. The van der Waals surface area contributed by atoms with Crippen LogP contribution in [-0.4, -0.2) is 32.9 Å². The van der Waals surface area contributed by atoms with Crippen LogP contribution >= 0.6 is 0 Å². The Kier molecular flexibility index (Phi) is 4.72. The number of aliphatic hydroxyl groups excluding tert-OH is 1. The molecule has 0 aliphatic rings. The van der Waals surface area contributed by atoms with Crippen LogP contribution in [0.25, 0.3) is 0 Å². The molecule has 0 bridgehead atoms. The fourth-order valence-corrected chi connectivity index (χ4v) is 1.61. The van der Waals surface area contributed by atoms with E-state index in [4.69, 9.17) is 9.84 Å². The van der Waals surface area contributed by atoms with Crippen molar-refractivity contribution < 1.29 is 18.3 Å². The Bertz CT molecular complexity index is 430. The van der Waals surface area contributed by atoms with Gasteiger partial charge >= 0.3 is 0 Å². The van der Waals surface area contributed by atoms with Gasteiger partial charge in [0.15, 0.2) is 0 Å². The van der Waals surface area contributed by atoms with E-state index in [9.17, 15) is 8.42 Å². The summed E-state index contributed by atoms with van der Waals surface area (Å²) in [5.41, 5.74) is 0.731. The van der Waals surface area contributed by atoms with Crippen LogP contribution in [-0.2, 0) is 16.6 Å². The van der Waals surface area contributed by atoms with E-state index in [1.165, 1.54) is 7.05 Å². The minimum Gasteiger partial charge on any atom is -0.492 e. The van der Waals surface area contributed by atoms with Crippen molar-refractivity contribution in [2.24, 2.45) is 0 Å². The normalized spacial score (nSPS) is 11.4. The maximum atomic E-state index is 11.1. The van der Waals surface area contributed by atoms with Gasteiger partial charge in [0.1, 0.15) is 12.4 Å². The largest absolute Gasteiger partial charge is 0.492 e. The molecule has 0 atom stereocenters. The molecule has 1 aromatic carbocycles. The summed E-state index contributed by atoms with van der Waals surface area (Å²) in [7, 11) is -1.87. The van der Waals surface area contributed by atoms with Crippen LogP contribution in [0, 0.1) is 0 Å². The lowest BCUT2D eigenvalue weighted by Crippen LogP contribution is -2.25. The second kappa shape index (κ2) is 5.83. The Balaban J connectivity index is 2.49. The van der Waals surface area contributed by atoms with Gasteiger partial charge in [-0.25, -0.2) is 13.1 Å². The van der Waals surface area contributed by atoms with Crippen molar-refractivity contribution in [1.29, 1.82) is 0 Å². The molecule has 6 heteroatoms. The van der Waals surface area contributed by atoms with Crippen LogP contribution in [0.15, 0.2) is 24.3 Å². The van der Waals surface area contributed by atoms with Gasteiger partial charge in [-0.1, -0.05) is 12.1 Å². The van der Waals surface area contributed by atoms with Gasteiger partial charge in [-0.15, -0.1) is 0 Å². The van der Waals surface area contributed by atoms with Crippen LogP contribution in [0.2, 0.25) is 0 Å². The highest BCUT2D eigenvalue weighted by molar-refractivity contribution is 7.89. The summed E-state index contributed by atoms with van der Waals surface area (Å²) in [6.45, 7) is 0.0179.